The molecule has 1 aliphatic rings. The van der Waals surface area contributed by atoms with Crippen molar-refractivity contribution in [1.82, 2.24) is 9.88 Å². The van der Waals surface area contributed by atoms with Gasteiger partial charge in [0.2, 0.25) is 5.91 Å². The molecule has 178 valence electrons. The van der Waals surface area contributed by atoms with Crippen molar-refractivity contribution in [3.8, 4) is 5.75 Å². The lowest BCUT2D eigenvalue weighted by molar-refractivity contribution is 0.0794. The summed E-state index contributed by atoms with van der Waals surface area (Å²) in [6.07, 6.45) is 5.09. The number of rotatable bonds is 8. The van der Waals surface area contributed by atoms with Crippen molar-refractivity contribution in [3.63, 3.8) is 0 Å². The van der Waals surface area contributed by atoms with E-state index >= 15 is 0 Å². The van der Waals surface area contributed by atoms with Gasteiger partial charge < -0.3 is 15.5 Å². The third kappa shape index (κ3) is 5.14. The number of carbonyl (C=O) groups excluding carboxylic acids is 1. The number of nitrogens with zero attached hydrogens (tertiary/aromatic N) is 1. The minimum atomic E-state index is -0.577. The first kappa shape index (κ1) is 25.0. The van der Waals surface area contributed by atoms with E-state index in [9.17, 15) is 13.6 Å². The van der Waals surface area contributed by atoms with Crippen LogP contribution in [0.5, 0.6) is 5.75 Å². The quantitative estimate of drug-likeness (QED) is 0.479. The number of amides is 1. The van der Waals surface area contributed by atoms with E-state index in [0.717, 1.165) is 42.3 Å². The predicted octanol–water partition coefficient (Wildman–Crippen LogP) is 5.00. The van der Waals surface area contributed by atoms with Crippen molar-refractivity contribution in [2.24, 2.45) is 5.73 Å². The maximum atomic E-state index is 14.3. The lowest BCUT2D eigenvalue weighted by Crippen LogP contribution is -2.48. The van der Waals surface area contributed by atoms with E-state index in [1.165, 1.54) is 18.2 Å². The van der Waals surface area contributed by atoms with Crippen molar-refractivity contribution in [2.45, 2.75) is 51.6 Å². The van der Waals surface area contributed by atoms with Gasteiger partial charge in [-0.05, 0) is 75.0 Å². The van der Waals surface area contributed by atoms with Crippen LogP contribution in [0.25, 0.3) is 10.9 Å². The highest BCUT2D eigenvalue weighted by Gasteiger charge is 2.32. The third-order valence-electron chi connectivity index (χ3n) is 6.42. The van der Waals surface area contributed by atoms with E-state index in [1.807, 2.05) is 6.20 Å². The predicted molar refractivity (Wildman–Crippen MR) is 128 cm³/mol. The maximum Gasteiger partial charge on any atom is 0.249 e. The zero-order valence-electron chi connectivity index (χ0n) is 18.9. The molecule has 3 aromatic rings. The summed E-state index contributed by atoms with van der Waals surface area (Å²) in [6.45, 7) is 5.50. The number of aromatic nitrogens is 1. The van der Waals surface area contributed by atoms with Crippen molar-refractivity contribution in [1.29, 1.82) is 0 Å². The number of aromatic amines is 1. The Bertz CT molecular complexity index is 1130. The van der Waals surface area contributed by atoms with Gasteiger partial charge in [-0.25, -0.2) is 8.78 Å². The van der Waals surface area contributed by atoms with Crippen molar-refractivity contribution in [3.05, 3.63) is 64.9 Å². The zero-order valence-corrected chi connectivity index (χ0v) is 19.7. The number of ether oxygens (including phenoxy) is 1. The average molecular weight is 478 g/mol. The fourth-order valence-corrected chi connectivity index (χ4v) is 4.78. The fourth-order valence-electron chi connectivity index (χ4n) is 4.78. The molecule has 1 aromatic heterocycles. The number of H-pyrrole nitrogens is 1. The number of benzene rings is 2. The van der Waals surface area contributed by atoms with Gasteiger partial charge in [0.1, 0.15) is 12.4 Å². The summed E-state index contributed by atoms with van der Waals surface area (Å²) in [6, 6.07) is 7.68. The lowest BCUT2D eigenvalue weighted by Gasteiger charge is -2.39. The highest BCUT2D eigenvalue weighted by atomic mass is 35.5. The maximum absolute atomic E-state index is 14.3. The number of primary amides is 1. The Kier molecular flexibility index (Phi) is 7.97. The molecule has 0 spiro atoms. The normalized spacial score (nSPS) is 16.2. The molecule has 0 aliphatic carbocycles. The molecule has 0 unspecified atom stereocenters. The van der Waals surface area contributed by atoms with Gasteiger partial charge in [0.25, 0.3) is 0 Å². The smallest absolute Gasteiger partial charge is 0.249 e. The first-order valence-electron chi connectivity index (χ1n) is 11.1. The van der Waals surface area contributed by atoms with Gasteiger partial charge in [-0.1, -0.05) is 6.92 Å². The third-order valence-corrected chi connectivity index (χ3v) is 6.42. The van der Waals surface area contributed by atoms with Gasteiger partial charge in [0.05, 0.1) is 0 Å². The second-order valence-electron chi connectivity index (χ2n) is 8.57. The SMILES string of the molecule is CCCN([C@H]1COc2c(F)ccc(C(N)=O)c2C1)[C@H](C)CCc1c[nH]c2ccc(F)cc12.Cl. The fraction of sp³-hybridized carbons (Fsp3) is 0.400. The zero-order chi connectivity index (χ0) is 22.8. The standard InChI is InChI=1S/C25H29F2N3O2.ClH/c1-3-10-30(15(2)4-5-16-13-29-23-9-6-17(26)11-20(16)23)18-12-21-19(25(28)31)7-8-22(27)24(21)32-14-18;/h6-9,11,13,15,18,29H,3-5,10,12,14H2,1-2H3,(H2,28,31);1H/t15-,18-;/m1./s1. The number of hydrogen-bond donors (Lipinski definition) is 2. The molecular weight excluding hydrogens is 448 g/mol. The van der Waals surface area contributed by atoms with Gasteiger partial charge in [0.15, 0.2) is 11.6 Å². The summed E-state index contributed by atoms with van der Waals surface area (Å²) >= 11 is 0. The molecule has 5 nitrogen and oxygen atoms in total. The number of fused-ring (bicyclic) bond motifs is 2. The van der Waals surface area contributed by atoms with E-state index < -0.39 is 11.7 Å². The lowest BCUT2D eigenvalue weighted by atomic mass is 9.94. The minimum absolute atomic E-state index is 0. The molecule has 33 heavy (non-hydrogen) atoms. The molecule has 0 radical (unpaired) electrons. The summed E-state index contributed by atoms with van der Waals surface area (Å²) in [4.78, 5) is 17.5. The minimum Gasteiger partial charge on any atom is -0.489 e. The van der Waals surface area contributed by atoms with Crippen LogP contribution < -0.4 is 10.5 Å². The van der Waals surface area contributed by atoms with Crippen molar-refractivity contribution in [2.75, 3.05) is 13.2 Å². The van der Waals surface area contributed by atoms with Gasteiger partial charge in [-0.3, -0.25) is 9.69 Å². The van der Waals surface area contributed by atoms with Crippen LogP contribution in [0.1, 0.15) is 48.2 Å². The van der Waals surface area contributed by atoms with Crippen LogP contribution in [0, 0.1) is 11.6 Å². The summed E-state index contributed by atoms with van der Waals surface area (Å²) in [5, 5.41) is 0.913. The van der Waals surface area contributed by atoms with E-state index in [4.69, 9.17) is 10.5 Å². The van der Waals surface area contributed by atoms with Crippen LogP contribution in [-0.4, -0.2) is 41.0 Å². The van der Waals surface area contributed by atoms with Crippen LogP contribution in [0.15, 0.2) is 36.5 Å². The Balaban J connectivity index is 0.00000306. The molecular formula is C25H30ClF2N3O2. The number of halogens is 3. The molecule has 3 N–H and O–H groups in total. The Labute approximate surface area is 198 Å². The molecule has 8 heteroatoms. The number of nitrogens with two attached hydrogens (primary N) is 1. The Hall–Kier alpha value is -2.64. The molecule has 1 amide bonds. The van der Waals surface area contributed by atoms with Crippen molar-refractivity contribution < 1.29 is 18.3 Å². The molecule has 0 saturated heterocycles. The van der Waals surface area contributed by atoms with Gasteiger partial charge >= 0.3 is 0 Å². The van der Waals surface area contributed by atoms with E-state index in [1.54, 1.807) is 12.1 Å². The molecule has 0 fully saturated rings. The molecule has 2 atom stereocenters. The van der Waals surface area contributed by atoms with Gasteiger partial charge in [0, 0.05) is 40.3 Å². The Morgan fingerprint density at radius 1 is 1.30 bits per heavy atom. The number of aryl methyl sites for hydroxylation is 1. The van der Waals surface area contributed by atoms with Crippen LogP contribution in [-0.2, 0) is 12.8 Å². The van der Waals surface area contributed by atoms with Gasteiger partial charge in [-0.2, -0.15) is 0 Å². The highest BCUT2D eigenvalue weighted by Crippen LogP contribution is 2.33. The molecule has 2 aromatic carbocycles. The molecule has 1 aliphatic heterocycles. The number of nitrogens with one attached hydrogen (secondary N) is 1. The van der Waals surface area contributed by atoms with Crippen LogP contribution in [0.2, 0.25) is 0 Å². The number of hydrogen-bond acceptors (Lipinski definition) is 3. The largest absolute Gasteiger partial charge is 0.489 e. The molecule has 2 heterocycles. The van der Waals surface area contributed by atoms with Crippen LogP contribution in [0.3, 0.4) is 0 Å². The van der Waals surface area contributed by atoms with Crippen molar-refractivity contribution >= 4 is 29.2 Å². The average Bonchev–Trinajstić information content (AvgIpc) is 3.17. The molecule has 4 rings (SSSR count). The summed E-state index contributed by atoms with van der Waals surface area (Å²) < 4.78 is 33.8. The monoisotopic (exact) mass is 477 g/mol. The number of carbonyl (C=O) groups is 1. The van der Waals surface area contributed by atoms with E-state index in [0.29, 0.717) is 24.2 Å². The van der Waals surface area contributed by atoms with E-state index in [2.05, 4.69) is 23.7 Å². The second-order valence-corrected chi connectivity index (χ2v) is 8.57. The first-order valence-corrected chi connectivity index (χ1v) is 11.1. The summed E-state index contributed by atoms with van der Waals surface area (Å²) in [7, 11) is 0. The highest BCUT2D eigenvalue weighted by molar-refractivity contribution is 5.95. The molecule has 0 bridgehead atoms. The Morgan fingerprint density at radius 2 is 2.09 bits per heavy atom. The topological polar surface area (TPSA) is 71.3 Å². The first-order chi connectivity index (χ1) is 15.4. The van der Waals surface area contributed by atoms with E-state index in [-0.39, 0.29) is 36.1 Å². The van der Waals surface area contributed by atoms with Gasteiger partial charge in [-0.15, -0.1) is 12.4 Å². The second kappa shape index (κ2) is 10.5. The summed E-state index contributed by atoms with van der Waals surface area (Å²) in [5.41, 5.74) is 8.41. The van der Waals surface area contributed by atoms with Crippen LogP contribution in [0.4, 0.5) is 8.78 Å². The Morgan fingerprint density at radius 3 is 2.82 bits per heavy atom. The van der Waals surface area contributed by atoms with Crippen LogP contribution >= 0.6 is 12.4 Å². The molecule has 0 saturated carbocycles. The summed E-state index contributed by atoms with van der Waals surface area (Å²) in [5.74, 6) is -1.14.